The van der Waals surface area contributed by atoms with E-state index >= 15 is 0 Å². The molecule has 20 heavy (non-hydrogen) atoms. The maximum Gasteiger partial charge on any atom is 0.135 e. The monoisotopic (exact) mass is 271 g/mol. The number of rotatable bonds is 5. The molecule has 0 aromatic carbocycles. The third-order valence-corrected chi connectivity index (χ3v) is 3.02. The third kappa shape index (κ3) is 3.44. The molecule has 5 heteroatoms. The summed E-state index contributed by atoms with van der Waals surface area (Å²) in [5.41, 5.74) is 1.02. The average Bonchev–Trinajstić information content (AvgIpc) is 2.47. The maximum absolute atomic E-state index is 4.62. The van der Waals surface area contributed by atoms with Crippen LogP contribution in [0.2, 0.25) is 0 Å². The topological polar surface area (TPSA) is 53.9 Å². The lowest BCUT2D eigenvalue weighted by molar-refractivity contribution is 0.761. The molecule has 0 aliphatic rings. The van der Waals surface area contributed by atoms with Gasteiger partial charge in [-0.15, -0.1) is 0 Å². The van der Waals surface area contributed by atoms with Crippen molar-refractivity contribution in [3.8, 4) is 0 Å². The summed E-state index contributed by atoms with van der Waals surface area (Å²) in [5.74, 6) is 2.88. The summed E-state index contributed by atoms with van der Waals surface area (Å²) >= 11 is 0. The molecule has 0 fully saturated rings. The van der Waals surface area contributed by atoms with Crippen molar-refractivity contribution in [2.45, 2.75) is 26.3 Å². The Bertz CT molecular complexity index is 553. The average molecular weight is 271 g/mol. The molecule has 0 saturated heterocycles. The molecule has 106 valence electrons. The van der Waals surface area contributed by atoms with Gasteiger partial charge in [0.05, 0.1) is 12.2 Å². The zero-order valence-corrected chi connectivity index (χ0v) is 12.5. The van der Waals surface area contributed by atoms with Gasteiger partial charge in [0.2, 0.25) is 0 Å². The molecule has 0 aliphatic carbocycles. The second-order valence-corrected chi connectivity index (χ2v) is 5.05. The van der Waals surface area contributed by atoms with Gasteiger partial charge in [-0.3, -0.25) is 4.98 Å². The Morgan fingerprint density at radius 1 is 1.25 bits per heavy atom. The largest absolute Gasteiger partial charge is 0.373 e. The maximum atomic E-state index is 4.62. The van der Waals surface area contributed by atoms with Gasteiger partial charge in [-0.2, -0.15) is 0 Å². The van der Waals surface area contributed by atoms with Crippen molar-refractivity contribution in [2.24, 2.45) is 0 Å². The lowest BCUT2D eigenvalue weighted by Crippen LogP contribution is -2.20. The van der Waals surface area contributed by atoms with Crippen LogP contribution < -0.4 is 10.2 Å². The van der Waals surface area contributed by atoms with E-state index in [1.807, 2.05) is 44.6 Å². The van der Waals surface area contributed by atoms with Crippen LogP contribution in [-0.2, 0) is 6.54 Å². The van der Waals surface area contributed by atoms with E-state index in [0.29, 0.717) is 5.92 Å². The number of hydrogen-bond donors (Lipinski definition) is 1. The van der Waals surface area contributed by atoms with Gasteiger partial charge >= 0.3 is 0 Å². The highest BCUT2D eigenvalue weighted by molar-refractivity contribution is 5.49. The summed E-state index contributed by atoms with van der Waals surface area (Å²) in [4.78, 5) is 15.5. The van der Waals surface area contributed by atoms with E-state index in [1.54, 1.807) is 0 Å². The van der Waals surface area contributed by atoms with Gasteiger partial charge in [0.15, 0.2) is 0 Å². The second kappa shape index (κ2) is 6.32. The predicted molar refractivity (Wildman–Crippen MR) is 82.0 cm³/mol. The van der Waals surface area contributed by atoms with Crippen molar-refractivity contribution in [1.29, 1.82) is 0 Å². The molecule has 0 atom stereocenters. The normalized spacial score (nSPS) is 10.7. The minimum Gasteiger partial charge on any atom is -0.373 e. The molecular weight excluding hydrogens is 250 g/mol. The molecule has 0 spiro atoms. The quantitative estimate of drug-likeness (QED) is 0.906. The van der Waals surface area contributed by atoms with Gasteiger partial charge in [-0.05, 0) is 12.1 Å². The van der Waals surface area contributed by atoms with Crippen molar-refractivity contribution < 1.29 is 0 Å². The lowest BCUT2D eigenvalue weighted by atomic mass is 10.2. The minimum absolute atomic E-state index is 0.297. The van der Waals surface area contributed by atoms with Crippen LogP contribution in [0.5, 0.6) is 0 Å². The van der Waals surface area contributed by atoms with Crippen molar-refractivity contribution in [1.82, 2.24) is 15.0 Å². The van der Waals surface area contributed by atoms with E-state index in [1.165, 1.54) is 0 Å². The van der Waals surface area contributed by atoms with Gasteiger partial charge in [0, 0.05) is 32.3 Å². The zero-order valence-electron chi connectivity index (χ0n) is 12.5. The van der Waals surface area contributed by atoms with Crippen LogP contribution in [-0.4, -0.2) is 29.0 Å². The number of nitrogens with zero attached hydrogens (tertiary/aromatic N) is 4. The third-order valence-electron chi connectivity index (χ3n) is 3.02. The van der Waals surface area contributed by atoms with E-state index in [0.717, 1.165) is 29.7 Å². The molecule has 0 bridgehead atoms. The highest BCUT2D eigenvalue weighted by Crippen LogP contribution is 2.20. The van der Waals surface area contributed by atoms with Gasteiger partial charge in [-0.1, -0.05) is 19.9 Å². The Kier molecular flexibility index (Phi) is 4.50. The first-order chi connectivity index (χ1) is 9.60. The first kappa shape index (κ1) is 14.2. The standard InChI is InChI=1S/C15H21N5/c1-11(2)15-18-13(16-3)9-14(19-15)20(4)10-12-7-5-6-8-17-12/h5-9,11H,10H2,1-4H3,(H,16,18,19). The Balaban J connectivity index is 2.24. The molecule has 2 aromatic rings. The molecule has 5 nitrogen and oxygen atoms in total. The Morgan fingerprint density at radius 2 is 2.05 bits per heavy atom. The number of nitrogens with one attached hydrogen (secondary N) is 1. The fraction of sp³-hybridized carbons (Fsp3) is 0.400. The van der Waals surface area contributed by atoms with Crippen LogP contribution in [0.15, 0.2) is 30.5 Å². The van der Waals surface area contributed by atoms with Gasteiger partial charge in [0.1, 0.15) is 17.5 Å². The summed E-state index contributed by atoms with van der Waals surface area (Å²) < 4.78 is 0. The van der Waals surface area contributed by atoms with E-state index in [4.69, 9.17) is 0 Å². The van der Waals surface area contributed by atoms with E-state index in [9.17, 15) is 0 Å². The smallest absolute Gasteiger partial charge is 0.135 e. The van der Waals surface area contributed by atoms with Crippen molar-refractivity contribution in [3.63, 3.8) is 0 Å². The molecule has 0 saturated carbocycles. The minimum atomic E-state index is 0.297. The van der Waals surface area contributed by atoms with E-state index < -0.39 is 0 Å². The first-order valence-corrected chi connectivity index (χ1v) is 6.78. The number of anilines is 2. The highest BCUT2D eigenvalue weighted by Gasteiger charge is 2.11. The molecule has 0 amide bonds. The van der Waals surface area contributed by atoms with Crippen LogP contribution in [0.1, 0.15) is 31.3 Å². The van der Waals surface area contributed by atoms with Crippen LogP contribution in [0.4, 0.5) is 11.6 Å². The van der Waals surface area contributed by atoms with Gasteiger partial charge < -0.3 is 10.2 Å². The van der Waals surface area contributed by atoms with Crippen LogP contribution in [0.25, 0.3) is 0 Å². The van der Waals surface area contributed by atoms with Crippen molar-refractivity contribution in [3.05, 3.63) is 42.0 Å². The number of hydrogen-bond acceptors (Lipinski definition) is 5. The van der Waals surface area contributed by atoms with Crippen molar-refractivity contribution in [2.75, 3.05) is 24.3 Å². The fourth-order valence-corrected chi connectivity index (χ4v) is 1.85. The summed E-state index contributed by atoms with van der Waals surface area (Å²) in [6.45, 7) is 4.91. The summed E-state index contributed by atoms with van der Waals surface area (Å²) in [6.07, 6.45) is 1.81. The lowest BCUT2D eigenvalue weighted by Gasteiger charge is -2.19. The van der Waals surface area contributed by atoms with Crippen LogP contribution >= 0.6 is 0 Å². The van der Waals surface area contributed by atoms with Gasteiger partial charge in [-0.25, -0.2) is 9.97 Å². The fourth-order valence-electron chi connectivity index (χ4n) is 1.85. The highest BCUT2D eigenvalue weighted by atomic mass is 15.2. The number of pyridine rings is 1. The molecule has 0 aliphatic heterocycles. The van der Waals surface area contributed by atoms with E-state index in [-0.39, 0.29) is 0 Å². The van der Waals surface area contributed by atoms with Gasteiger partial charge in [0.25, 0.3) is 0 Å². The Labute approximate surface area is 120 Å². The van der Waals surface area contributed by atoms with Crippen molar-refractivity contribution >= 4 is 11.6 Å². The SMILES string of the molecule is CNc1cc(N(C)Cc2ccccn2)nc(C(C)C)n1. The zero-order chi connectivity index (χ0) is 14.5. The predicted octanol–water partition coefficient (Wildman–Crippen LogP) is 2.67. The molecule has 1 N–H and O–H groups in total. The molecule has 2 rings (SSSR count). The summed E-state index contributed by atoms with van der Waals surface area (Å²) in [6, 6.07) is 7.88. The Hall–Kier alpha value is -2.17. The molecule has 2 heterocycles. The molecule has 2 aromatic heterocycles. The molecular formula is C15H21N5. The Morgan fingerprint density at radius 3 is 2.65 bits per heavy atom. The van der Waals surface area contributed by atoms with E-state index in [2.05, 4.69) is 39.0 Å². The first-order valence-electron chi connectivity index (χ1n) is 6.78. The number of aromatic nitrogens is 3. The molecule has 0 unspecified atom stereocenters. The molecule has 0 radical (unpaired) electrons. The van der Waals surface area contributed by atoms with Crippen LogP contribution in [0, 0.1) is 0 Å². The summed E-state index contributed by atoms with van der Waals surface area (Å²) in [5, 5.41) is 3.09. The second-order valence-electron chi connectivity index (χ2n) is 5.05. The summed E-state index contributed by atoms with van der Waals surface area (Å²) in [7, 11) is 3.88. The van der Waals surface area contributed by atoms with Crippen LogP contribution in [0.3, 0.4) is 0 Å².